The Morgan fingerprint density at radius 2 is 2.11 bits per heavy atom. The fourth-order valence-corrected chi connectivity index (χ4v) is 4.28. The van der Waals surface area contributed by atoms with E-state index < -0.39 is 5.95 Å². The lowest BCUT2D eigenvalue weighted by Crippen LogP contribution is -2.30. The van der Waals surface area contributed by atoms with Gasteiger partial charge in [-0.25, -0.2) is 19.9 Å². The molecule has 3 aromatic heterocycles. The highest BCUT2D eigenvalue weighted by Crippen LogP contribution is 2.31. The predicted octanol–water partition coefficient (Wildman–Crippen LogP) is 4.73. The zero-order valence-corrected chi connectivity index (χ0v) is 20.5. The first-order chi connectivity index (χ1) is 18.0. The second-order valence-corrected chi connectivity index (χ2v) is 8.82. The number of nitrogens with one attached hydrogen (secondary N) is 2. The minimum atomic E-state index is -0.566. The second kappa shape index (κ2) is 10.8. The molecule has 5 rings (SSSR count). The molecular weight excluding hydrogens is 497 g/mol. The van der Waals surface area contributed by atoms with Crippen molar-refractivity contribution in [1.82, 2.24) is 24.8 Å². The Balaban J connectivity index is 1.29. The molecule has 1 saturated heterocycles. The molecule has 1 amide bonds. The van der Waals surface area contributed by atoms with E-state index in [-0.39, 0.29) is 18.6 Å². The van der Waals surface area contributed by atoms with Gasteiger partial charge >= 0.3 is 0 Å². The summed E-state index contributed by atoms with van der Waals surface area (Å²) in [6, 6.07) is 13.5. The summed E-state index contributed by atoms with van der Waals surface area (Å²) in [7, 11) is 0. The van der Waals surface area contributed by atoms with E-state index in [1.165, 1.54) is 18.5 Å². The van der Waals surface area contributed by atoms with Crippen LogP contribution in [0.5, 0.6) is 5.75 Å². The van der Waals surface area contributed by atoms with Crippen molar-refractivity contribution in [1.29, 1.82) is 0 Å². The summed E-state index contributed by atoms with van der Waals surface area (Å²) in [5.74, 6) is 0.976. The lowest BCUT2D eigenvalue weighted by molar-refractivity contribution is -0.125. The van der Waals surface area contributed by atoms with Crippen LogP contribution in [0.2, 0.25) is 5.02 Å². The molecule has 1 fully saturated rings. The Bertz CT molecular complexity index is 1470. The van der Waals surface area contributed by atoms with E-state index in [2.05, 4.69) is 32.2 Å². The molecule has 1 atom stereocenters. The quantitative estimate of drug-likeness (QED) is 0.254. The number of anilines is 3. The first-order valence-electron chi connectivity index (χ1n) is 11.6. The molecule has 4 aromatic rings. The number of benzene rings is 1. The van der Waals surface area contributed by atoms with Gasteiger partial charge in [-0.05, 0) is 55.0 Å². The number of likely N-dealkylation sites (tertiary alicyclic amines) is 1. The van der Waals surface area contributed by atoms with Crippen LogP contribution in [-0.4, -0.2) is 49.9 Å². The molecule has 0 radical (unpaired) electrons. The van der Waals surface area contributed by atoms with Gasteiger partial charge in [0.1, 0.15) is 30.0 Å². The molecule has 37 heavy (non-hydrogen) atoms. The monoisotopic (exact) mass is 519 g/mol. The van der Waals surface area contributed by atoms with Crippen molar-refractivity contribution in [2.24, 2.45) is 0 Å². The predicted molar refractivity (Wildman–Crippen MR) is 139 cm³/mol. The number of amides is 1. The first-order valence-corrected chi connectivity index (χ1v) is 12.0. The zero-order valence-electron chi connectivity index (χ0n) is 19.7. The lowest BCUT2D eigenvalue weighted by Gasteiger charge is -2.16. The van der Waals surface area contributed by atoms with Crippen LogP contribution in [0, 0.1) is 5.95 Å². The van der Waals surface area contributed by atoms with E-state index in [0.29, 0.717) is 57.9 Å². The number of hydrogen-bond donors (Lipinski definition) is 2. The zero-order chi connectivity index (χ0) is 25.8. The molecule has 2 N–H and O–H groups in total. The smallest absolute Gasteiger partial charge is 0.246 e. The minimum Gasteiger partial charge on any atom is -0.486 e. The van der Waals surface area contributed by atoms with Gasteiger partial charge in [0.25, 0.3) is 0 Å². The molecule has 0 aliphatic carbocycles. The Morgan fingerprint density at radius 1 is 1.22 bits per heavy atom. The third kappa shape index (κ3) is 5.75. The van der Waals surface area contributed by atoms with E-state index in [9.17, 15) is 9.18 Å². The summed E-state index contributed by atoms with van der Waals surface area (Å²) in [6.07, 6.45) is 3.61. The van der Waals surface area contributed by atoms with Crippen molar-refractivity contribution in [2.45, 2.75) is 19.1 Å². The van der Waals surface area contributed by atoms with Gasteiger partial charge in [-0.1, -0.05) is 24.2 Å². The minimum absolute atomic E-state index is 0.0728. The highest BCUT2D eigenvalue weighted by molar-refractivity contribution is 6.32. The molecule has 11 heteroatoms. The van der Waals surface area contributed by atoms with E-state index >= 15 is 0 Å². The van der Waals surface area contributed by atoms with Gasteiger partial charge in [0.15, 0.2) is 5.82 Å². The summed E-state index contributed by atoms with van der Waals surface area (Å²) in [4.78, 5) is 30.8. The lowest BCUT2D eigenvalue weighted by atomic mass is 10.2. The number of carbonyl (C=O) groups is 1. The average molecular weight is 520 g/mol. The Labute approximate surface area is 217 Å². The Hall–Kier alpha value is -4.31. The first kappa shape index (κ1) is 24.4. The molecule has 0 spiro atoms. The molecule has 0 bridgehead atoms. The molecule has 1 aromatic carbocycles. The van der Waals surface area contributed by atoms with Crippen molar-refractivity contribution in [3.63, 3.8) is 0 Å². The second-order valence-electron chi connectivity index (χ2n) is 8.42. The SMILES string of the molecule is C=CC(=O)N1CC[C@H](Nc2ccc3ncnc(Nc4ccc(OCc5cccc(F)n5)c(Cl)c4)c3n2)C1. The van der Waals surface area contributed by atoms with E-state index in [1.807, 2.05) is 12.1 Å². The van der Waals surface area contributed by atoms with Crippen LogP contribution < -0.4 is 15.4 Å². The van der Waals surface area contributed by atoms with Crippen LogP contribution in [0.4, 0.5) is 21.7 Å². The van der Waals surface area contributed by atoms with Crippen LogP contribution in [-0.2, 0) is 11.4 Å². The van der Waals surface area contributed by atoms with Gasteiger partial charge in [-0.15, -0.1) is 0 Å². The van der Waals surface area contributed by atoms with Crippen molar-refractivity contribution in [3.05, 3.63) is 84.2 Å². The van der Waals surface area contributed by atoms with E-state index in [0.717, 1.165) is 6.42 Å². The molecule has 4 heterocycles. The number of halogens is 2. The van der Waals surface area contributed by atoms with Gasteiger partial charge in [-0.2, -0.15) is 4.39 Å². The number of aromatic nitrogens is 4. The van der Waals surface area contributed by atoms with Gasteiger partial charge in [0, 0.05) is 24.8 Å². The van der Waals surface area contributed by atoms with Gasteiger partial charge in [-0.3, -0.25) is 4.79 Å². The number of hydrogen-bond acceptors (Lipinski definition) is 8. The molecule has 0 unspecified atom stereocenters. The number of rotatable bonds is 8. The van der Waals surface area contributed by atoms with Crippen molar-refractivity contribution in [3.8, 4) is 5.75 Å². The van der Waals surface area contributed by atoms with Gasteiger partial charge in [0.2, 0.25) is 11.9 Å². The number of pyridine rings is 2. The molecule has 0 saturated carbocycles. The normalized spacial score (nSPS) is 15.0. The molecule has 9 nitrogen and oxygen atoms in total. The summed E-state index contributed by atoms with van der Waals surface area (Å²) < 4.78 is 19.0. The fraction of sp³-hybridized carbons (Fsp3) is 0.192. The van der Waals surface area contributed by atoms with Crippen molar-refractivity contribution >= 4 is 45.9 Å². The van der Waals surface area contributed by atoms with Crippen LogP contribution >= 0.6 is 11.6 Å². The maximum absolute atomic E-state index is 13.3. The van der Waals surface area contributed by atoms with Crippen LogP contribution in [0.15, 0.2) is 67.5 Å². The summed E-state index contributed by atoms with van der Waals surface area (Å²) in [5.41, 5.74) is 2.39. The third-order valence-electron chi connectivity index (χ3n) is 5.85. The largest absolute Gasteiger partial charge is 0.486 e. The standard InChI is InChI=1S/C26H23ClFN7O2/c1-2-24(36)35-11-10-17(13-35)32-23-9-7-20-25(34-23)26(30-15-29-20)33-16-6-8-21(19(27)12-16)37-14-18-4-3-5-22(28)31-18/h2-9,12,15,17H,1,10-11,13-14H2,(H,32,34)(H,29,30,33)/t17-/m0/s1. The molecule has 1 aliphatic rings. The van der Waals surface area contributed by atoms with E-state index in [4.69, 9.17) is 21.3 Å². The number of ether oxygens (including phenoxy) is 1. The topological polar surface area (TPSA) is 105 Å². The number of carbonyl (C=O) groups excluding carboxylic acids is 1. The highest BCUT2D eigenvalue weighted by Gasteiger charge is 2.25. The molecular formula is C26H23ClFN7O2. The maximum atomic E-state index is 13.3. The van der Waals surface area contributed by atoms with Crippen molar-refractivity contribution < 1.29 is 13.9 Å². The maximum Gasteiger partial charge on any atom is 0.246 e. The summed E-state index contributed by atoms with van der Waals surface area (Å²) in [5, 5.41) is 7.00. The Kier molecular flexibility index (Phi) is 7.09. The number of nitrogens with zero attached hydrogens (tertiary/aromatic N) is 5. The summed E-state index contributed by atoms with van der Waals surface area (Å²) in [6.45, 7) is 4.89. The van der Waals surface area contributed by atoms with Gasteiger partial charge < -0.3 is 20.3 Å². The van der Waals surface area contributed by atoms with Crippen LogP contribution in [0.25, 0.3) is 11.0 Å². The number of fused-ring (bicyclic) bond motifs is 1. The third-order valence-corrected chi connectivity index (χ3v) is 6.15. The van der Waals surface area contributed by atoms with Crippen molar-refractivity contribution in [2.75, 3.05) is 23.7 Å². The highest BCUT2D eigenvalue weighted by atomic mass is 35.5. The van der Waals surface area contributed by atoms with Crippen LogP contribution in [0.1, 0.15) is 12.1 Å². The van der Waals surface area contributed by atoms with Gasteiger partial charge in [0.05, 0.1) is 16.2 Å². The van der Waals surface area contributed by atoms with Crippen LogP contribution in [0.3, 0.4) is 0 Å². The van der Waals surface area contributed by atoms with E-state index in [1.54, 1.807) is 35.2 Å². The molecule has 188 valence electrons. The average Bonchev–Trinajstić information content (AvgIpc) is 3.36. The summed E-state index contributed by atoms with van der Waals surface area (Å²) >= 11 is 6.42. The Morgan fingerprint density at radius 3 is 2.92 bits per heavy atom. The fourth-order valence-electron chi connectivity index (χ4n) is 4.04. The molecule has 1 aliphatic heterocycles.